The third-order valence-corrected chi connectivity index (χ3v) is 5.05. The van der Waals surface area contributed by atoms with Crippen LogP contribution in [0.4, 0.5) is 5.69 Å². The molecular weight excluding hydrogens is 270 g/mol. The molecule has 4 heteroatoms. The van der Waals surface area contributed by atoms with Crippen molar-refractivity contribution in [3.8, 4) is 0 Å². The van der Waals surface area contributed by atoms with Crippen LogP contribution in [0.25, 0.3) is 0 Å². The van der Waals surface area contributed by atoms with Crippen LogP contribution in [0.3, 0.4) is 0 Å². The molecule has 0 bridgehead atoms. The van der Waals surface area contributed by atoms with Crippen molar-refractivity contribution in [2.75, 3.05) is 19.0 Å². The highest BCUT2D eigenvalue weighted by Gasteiger charge is 2.18. The Bertz CT molecular complexity index is 692. The Labute approximate surface area is 120 Å². The van der Waals surface area contributed by atoms with Gasteiger partial charge in [0.2, 0.25) is 0 Å². The molecule has 0 radical (unpaired) electrons. The van der Waals surface area contributed by atoms with Gasteiger partial charge in [-0.1, -0.05) is 36.4 Å². The number of nitrogens with zero attached hydrogens (tertiary/aromatic N) is 1. The van der Waals surface area contributed by atoms with Gasteiger partial charge in [-0.3, -0.25) is 0 Å². The quantitative estimate of drug-likeness (QED) is 0.868. The molecule has 0 aliphatic heterocycles. The fourth-order valence-corrected chi connectivity index (χ4v) is 3.72. The maximum atomic E-state index is 12.6. The highest BCUT2D eigenvalue weighted by atomic mass is 32.2. The van der Waals surface area contributed by atoms with Crippen LogP contribution in [0.5, 0.6) is 0 Å². The second kappa shape index (κ2) is 5.67. The molecular formula is C16H19NO2S. The largest absolute Gasteiger partial charge is 0.378 e. The van der Waals surface area contributed by atoms with E-state index in [2.05, 4.69) is 0 Å². The second-order valence-corrected chi connectivity index (χ2v) is 7.05. The molecule has 106 valence electrons. The average molecular weight is 289 g/mol. The van der Waals surface area contributed by atoms with Gasteiger partial charge < -0.3 is 4.90 Å². The van der Waals surface area contributed by atoms with E-state index in [0.717, 1.165) is 16.8 Å². The Hall–Kier alpha value is -1.81. The molecule has 0 spiro atoms. The van der Waals surface area contributed by atoms with Crippen LogP contribution in [0.2, 0.25) is 0 Å². The summed E-state index contributed by atoms with van der Waals surface area (Å²) in [6, 6.07) is 14.8. The molecule has 0 amide bonds. The van der Waals surface area contributed by atoms with Crippen molar-refractivity contribution in [2.24, 2.45) is 0 Å². The van der Waals surface area contributed by atoms with Gasteiger partial charge in [-0.05, 0) is 30.2 Å². The van der Waals surface area contributed by atoms with Crippen molar-refractivity contribution in [3.05, 3.63) is 59.7 Å². The van der Waals surface area contributed by atoms with Gasteiger partial charge in [0.1, 0.15) is 0 Å². The summed E-state index contributed by atoms with van der Waals surface area (Å²) in [6.45, 7) is 1.83. The summed E-state index contributed by atoms with van der Waals surface area (Å²) in [7, 11) is 0.475. The second-order valence-electron chi connectivity index (χ2n) is 5.09. The third kappa shape index (κ3) is 3.20. The van der Waals surface area contributed by atoms with Crippen LogP contribution in [0.1, 0.15) is 11.1 Å². The number of aryl methyl sites for hydroxylation is 1. The molecule has 0 saturated heterocycles. The average Bonchev–Trinajstić information content (AvgIpc) is 2.39. The summed E-state index contributed by atoms with van der Waals surface area (Å²) in [6.07, 6.45) is 0. The van der Waals surface area contributed by atoms with Gasteiger partial charge in [-0.15, -0.1) is 0 Å². The minimum Gasteiger partial charge on any atom is -0.378 e. The Morgan fingerprint density at radius 1 is 1.00 bits per heavy atom. The van der Waals surface area contributed by atoms with Gasteiger partial charge in [0.15, 0.2) is 9.84 Å². The first kappa shape index (κ1) is 14.6. The number of hydrogen-bond acceptors (Lipinski definition) is 3. The lowest BCUT2D eigenvalue weighted by molar-refractivity contribution is 0.594. The van der Waals surface area contributed by atoms with Crippen molar-refractivity contribution in [3.63, 3.8) is 0 Å². The van der Waals surface area contributed by atoms with Gasteiger partial charge in [-0.25, -0.2) is 8.42 Å². The van der Waals surface area contributed by atoms with E-state index in [0.29, 0.717) is 4.90 Å². The third-order valence-electron chi connectivity index (χ3n) is 3.22. The predicted octanol–water partition coefficient (Wildman–Crippen LogP) is 3.03. The van der Waals surface area contributed by atoms with E-state index < -0.39 is 9.84 Å². The zero-order valence-corrected chi connectivity index (χ0v) is 12.8. The van der Waals surface area contributed by atoms with E-state index in [9.17, 15) is 8.42 Å². The van der Waals surface area contributed by atoms with Crippen LogP contribution >= 0.6 is 0 Å². The molecule has 0 unspecified atom stereocenters. The van der Waals surface area contributed by atoms with Crippen LogP contribution in [0.15, 0.2) is 53.4 Å². The molecule has 0 fully saturated rings. The minimum absolute atomic E-state index is 0.0333. The highest BCUT2D eigenvalue weighted by Crippen LogP contribution is 2.24. The van der Waals surface area contributed by atoms with Gasteiger partial charge in [0, 0.05) is 19.8 Å². The summed E-state index contributed by atoms with van der Waals surface area (Å²) in [5.74, 6) is 0.0333. The monoisotopic (exact) mass is 289 g/mol. The van der Waals surface area contributed by atoms with E-state index >= 15 is 0 Å². The highest BCUT2D eigenvalue weighted by molar-refractivity contribution is 7.90. The lowest BCUT2D eigenvalue weighted by atomic mass is 10.2. The summed E-state index contributed by atoms with van der Waals surface area (Å²) < 4.78 is 25.2. The zero-order chi connectivity index (χ0) is 14.8. The van der Waals surface area contributed by atoms with Crippen molar-refractivity contribution in [1.82, 2.24) is 0 Å². The van der Waals surface area contributed by atoms with Crippen molar-refractivity contribution in [2.45, 2.75) is 17.6 Å². The van der Waals surface area contributed by atoms with Crippen LogP contribution in [-0.2, 0) is 15.6 Å². The first-order chi connectivity index (χ1) is 9.40. The van der Waals surface area contributed by atoms with Crippen LogP contribution in [-0.4, -0.2) is 22.5 Å². The fourth-order valence-electron chi connectivity index (χ4n) is 2.07. The van der Waals surface area contributed by atoms with Crippen molar-refractivity contribution in [1.29, 1.82) is 0 Å². The molecule has 0 atom stereocenters. The predicted molar refractivity (Wildman–Crippen MR) is 82.8 cm³/mol. The molecule has 20 heavy (non-hydrogen) atoms. The van der Waals surface area contributed by atoms with Crippen LogP contribution < -0.4 is 4.90 Å². The molecule has 0 N–H and O–H groups in total. The summed E-state index contributed by atoms with van der Waals surface area (Å²) in [5.41, 5.74) is 2.48. The SMILES string of the molecule is Cc1ccc(N(C)C)cc1S(=O)(=O)Cc1ccccc1. The molecule has 3 nitrogen and oxygen atoms in total. The van der Waals surface area contributed by atoms with Crippen molar-refractivity contribution >= 4 is 15.5 Å². The van der Waals surface area contributed by atoms with E-state index in [1.54, 1.807) is 6.07 Å². The van der Waals surface area contributed by atoms with Gasteiger partial charge in [0.05, 0.1) is 10.6 Å². The van der Waals surface area contributed by atoms with Gasteiger partial charge in [0.25, 0.3) is 0 Å². The lowest BCUT2D eigenvalue weighted by Crippen LogP contribution is -2.12. The first-order valence-corrected chi connectivity index (χ1v) is 8.10. The van der Waals surface area contributed by atoms with E-state index in [-0.39, 0.29) is 5.75 Å². The van der Waals surface area contributed by atoms with Gasteiger partial charge in [-0.2, -0.15) is 0 Å². The van der Waals surface area contributed by atoms with Crippen molar-refractivity contribution < 1.29 is 8.42 Å². The van der Waals surface area contributed by atoms with E-state index in [1.165, 1.54) is 0 Å². The van der Waals surface area contributed by atoms with Crippen LogP contribution in [0, 0.1) is 6.92 Å². The number of hydrogen-bond donors (Lipinski definition) is 0. The number of benzene rings is 2. The maximum Gasteiger partial charge on any atom is 0.182 e. The molecule has 2 aromatic carbocycles. The Kier molecular flexibility index (Phi) is 4.14. The smallest absolute Gasteiger partial charge is 0.182 e. The fraction of sp³-hybridized carbons (Fsp3) is 0.250. The zero-order valence-electron chi connectivity index (χ0n) is 12.0. The number of anilines is 1. The molecule has 0 saturated carbocycles. The molecule has 2 aromatic rings. The van der Waals surface area contributed by atoms with Gasteiger partial charge >= 0.3 is 0 Å². The lowest BCUT2D eigenvalue weighted by Gasteiger charge is -2.15. The normalized spacial score (nSPS) is 11.3. The van der Waals surface area contributed by atoms with E-state index in [1.807, 2.05) is 68.4 Å². The first-order valence-electron chi connectivity index (χ1n) is 6.45. The minimum atomic E-state index is -3.33. The molecule has 2 rings (SSSR count). The Morgan fingerprint density at radius 2 is 1.65 bits per heavy atom. The summed E-state index contributed by atoms with van der Waals surface area (Å²) >= 11 is 0. The topological polar surface area (TPSA) is 37.4 Å². The summed E-state index contributed by atoms with van der Waals surface area (Å²) in [4.78, 5) is 2.31. The molecule has 0 aromatic heterocycles. The molecule has 0 heterocycles. The molecule has 0 aliphatic rings. The Morgan fingerprint density at radius 3 is 2.25 bits per heavy atom. The molecule has 0 aliphatic carbocycles. The summed E-state index contributed by atoms with van der Waals surface area (Å²) in [5, 5.41) is 0. The maximum absolute atomic E-state index is 12.6. The number of sulfone groups is 1. The van der Waals surface area contributed by atoms with E-state index in [4.69, 9.17) is 0 Å². The Balaban J connectivity index is 2.41. The standard InChI is InChI=1S/C16H19NO2S/c1-13-9-10-15(17(2)3)11-16(13)20(18,19)12-14-7-5-4-6-8-14/h4-11H,12H2,1-3H3. The number of rotatable bonds is 4.